The molecule has 1 aromatic carbocycles. The van der Waals surface area contributed by atoms with Gasteiger partial charge in [-0.15, -0.1) is 0 Å². The zero-order valence-electron chi connectivity index (χ0n) is 12.4. The number of amides is 1. The lowest BCUT2D eigenvalue weighted by Crippen LogP contribution is -2.31. The van der Waals surface area contributed by atoms with E-state index in [-0.39, 0.29) is 24.3 Å². The van der Waals surface area contributed by atoms with E-state index in [2.05, 4.69) is 0 Å². The molecule has 2 aromatic rings. The zero-order valence-corrected chi connectivity index (χ0v) is 12.4. The minimum Gasteiger partial charge on any atom is -0.481 e. The van der Waals surface area contributed by atoms with E-state index in [1.165, 1.54) is 11.0 Å². The van der Waals surface area contributed by atoms with Crippen molar-refractivity contribution in [3.8, 4) is 0 Å². The maximum atomic E-state index is 12.2. The molecule has 0 saturated carbocycles. The largest absolute Gasteiger partial charge is 0.481 e. The van der Waals surface area contributed by atoms with Crippen molar-refractivity contribution in [2.45, 2.75) is 19.4 Å². The monoisotopic (exact) mass is 302 g/mol. The number of hydrogen-bond donors (Lipinski definition) is 1. The maximum Gasteiger partial charge on any atom is 0.303 e. The Morgan fingerprint density at radius 3 is 2.68 bits per heavy atom. The van der Waals surface area contributed by atoms with Gasteiger partial charge in [0.2, 0.25) is 5.91 Å². The first-order valence-corrected chi connectivity index (χ1v) is 7.03. The topological polar surface area (TPSA) is 79.6 Å². The van der Waals surface area contributed by atoms with Crippen LogP contribution in [0, 0.1) is 0 Å². The van der Waals surface area contributed by atoms with E-state index in [0.717, 1.165) is 0 Å². The number of aromatic nitrogens is 1. The zero-order chi connectivity index (χ0) is 16.1. The molecule has 1 amide bonds. The lowest BCUT2D eigenvalue weighted by molar-refractivity contribution is -0.138. The van der Waals surface area contributed by atoms with Crippen molar-refractivity contribution in [3.05, 3.63) is 46.8 Å². The highest BCUT2D eigenvalue weighted by Gasteiger charge is 2.11. The number of para-hydroxylation sites is 1. The van der Waals surface area contributed by atoms with Gasteiger partial charge in [-0.25, -0.2) is 0 Å². The second-order valence-electron chi connectivity index (χ2n) is 5.14. The average Bonchev–Trinajstić information content (AvgIpc) is 2.49. The first-order valence-electron chi connectivity index (χ1n) is 7.03. The summed E-state index contributed by atoms with van der Waals surface area (Å²) < 4.78 is 1.73. The molecule has 0 saturated heterocycles. The van der Waals surface area contributed by atoms with Crippen LogP contribution in [0.15, 0.2) is 41.3 Å². The number of benzene rings is 1. The van der Waals surface area contributed by atoms with Crippen LogP contribution in [0.4, 0.5) is 0 Å². The van der Waals surface area contributed by atoms with Crippen LogP contribution in [0.3, 0.4) is 0 Å². The Bertz CT molecular complexity index is 751. The first kappa shape index (κ1) is 15.8. The van der Waals surface area contributed by atoms with Gasteiger partial charge in [-0.05, 0) is 18.6 Å². The molecule has 6 nitrogen and oxygen atoms in total. The Balaban J connectivity index is 2.10. The summed E-state index contributed by atoms with van der Waals surface area (Å²) in [6.07, 6.45) is 2.06. The van der Waals surface area contributed by atoms with Gasteiger partial charge in [-0.3, -0.25) is 14.4 Å². The summed E-state index contributed by atoms with van der Waals surface area (Å²) in [6.45, 7) is 0.508. The van der Waals surface area contributed by atoms with Gasteiger partial charge in [0, 0.05) is 37.7 Å². The number of hydrogen-bond acceptors (Lipinski definition) is 3. The van der Waals surface area contributed by atoms with Crippen LogP contribution in [-0.4, -0.2) is 40.0 Å². The van der Waals surface area contributed by atoms with Gasteiger partial charge >= 0.3 is 5.97 Å². The number of nitrogens with zero attached hydrogens (tertiary/aromatic N) is 2. The number of rotatable bonds is 6. The van der Waals surface area contributed by atoms with Crippen LogP contribution in [0.1, 0.15) is 12.8 Å². The molecular formula is C16H18N2O4. The summed E-state index contributed by atoms with van der Waals surface area (Å²) in [5.41, 5.74) is 0.636. The molecule has 0 unspecified atom stereocenters. The minimum atomic E-state index is -0.868. The summed E-state index contributed by atoms with van der Waals surface area (Å²) >= 11 is 0. The molecule has 0 fully saturated rings. The number of carboxylic acids is 1. The van der Waals surface area contributed by atoms with Crippen molar-refractivity contribution >= 4 is 22.8 Å². The molecule has 1 aromatic heterocycles. The van der Waals surface area contributed by atoms with Gasteiger partial charge in [0.15, 0.2) is 5.43 Å². The lowest BCUT2D eigenvalue weighted by atomic mass is 10.2. The summed E-state index contributed by atoms with van der Waals surface area (Å²) in [5.74, 6) is -0.994. The molecule has 6 heteroatoms. The van der Waals surface area contributed by atoms with Crippen LogP contribution in [0.5, 0.6) is 0 Å². The van der Waals surface area contributed by atoms with E-state index < -0.39 is 5.97 Å². The molecule has 0 atom stereocenters. The van der Waals surface area contributed by atoms with E-state index in [1.54, 1.807) is 36.0 Å². The highest BCUT2D eigenvalue weighted by molar-refractivity contribution is 5.82. The van der Waals surface area contributed by atoms with Gasteiger partial charge in [0.25, 0.3) is 0 Å². The number of aliphatic carboxylic acids is 1. The van der Waals surface area contributed by atoms with E-state index in [1.807, 2.05) is 6.07 Å². The second kappa shape index (κ2) is 6.89. The van der Waals surface area contributed by atoms with Crippen molar-refractivity contribution in [1.29, 1.82) is 0 Å². The molecule has 0 aliphatic rings. The Kier molecular flexibility index (Phi) is 4.93. The number of carbonyl (C=O) groups excluding carboxylic acids is 1. The van der Waals surface area contributed by atoms with E-state index >= 15 is 0 Å². The van der Waals surface area contributed by atoms with Crippen LogP contribution in [0.2, 0.25) is 0 Å². The number of fused-ring (bicyclic) bond motifs is 1. The van der Waals surface area contributed by atoms with Gasteiger partial charge in [0.05, 0.1) is 5.52 Å². The van der Waals surface area contributed by atoms with E-state index in [9.17, 15) is 14.4 Å². The smallest absolute Gasteiger partial charge is 0.303 e. The highest BCUT2D eigenvalue weighted by Crippen LogP contribution is 2.09. The summed E-state index contributed by atoms with van der Waals surface area (Å²) in [5, 5.41) is 9.18. The fraction of sp³-hybridized carbons (Fsp3) is 0.312. The standard InChI is InChI=1S/C16H18N2O4/c1-17(9-4-7-16(21)22)15(20)11-18-10-8-14(19)12-5-2-3-6-13(12)18/h2-3,5-6,8,10H,4,7,9,11H2,1H3,(H,21,22). The third-order valence-corrected chi connectivity index (χ3v) is 3.50. The van der Waals surface area contributed by atoms with E-state index in [0.29, 0.717) is 23.9 Å². The van der Waals surface area contributed by atoms with Gasteiger partial charge in [-0.2, -0.15) is 0 Å². The molecule has 1 N–H and O–H groups in total. The molecule has 1 heterocycles. The van der Waals surface area contributed by atoms with Crippen LogP contribution in [0.25, 0.3) is 10.9 Å². The van der Waals surface area contributed by atoms with E-state index in [4.69, 9.17) is 5.11 Å². The Morgan fingerprint density at radius 2 is 1.95 bits per heavy atom. The third-order valence-electron chi connectivity index (χ3n) is 3.50. The Hall–Kier alpha value is -2.63. The maximum absolute atomic E-state index is 12.2. The van der Waals surface area contributed by atoms with Gasteiger partial charge in [-0.1, -0.05) is 12.1 Å². The molecule has 22 heavy (non-hydrogen) atoms. The van der Waals surface area contributed by atoms with Gasteiger partial charge < -0.3 is 14.6 Å². The normalized spacial score (nSPS) is 10.6. The molecular weight excluding hydrogens is 284 g/mol. The fourth-order valence-corrected chi connectivity index (χ4v) is 2.26. The summed E-state index contributed by atoms with van der Waals surface area (Å²) in [6, 6.07) is 8.58. The van der Waals surface area contributed by atoms with Crippen LogP contribution in [-0.2, 0) is 16.1 Å². The molecule has 0 bridgehead atoms. The van der Waals surface area contributed by atoms with Crippen molar-refractivity contribution in [3.63, 3.8) is 0 Å². The molecule has 2 rings (SSSR count). The molecule has 0 aliphatic carbocycles. The van der Waals surface area contributed by atoms with Crippen LogP contribution < -0.4 is 5.43 Å². The van der Waals surface area contributed by atoms with Crippen molar-refractivity contribution < 1.29 is 14.7 Å². The first-order chi connectivity index (χ1) is 10.5. The Labute approximate surface area is 127 Å². The quantitative estimate of drug-likeness (QED) is 0.873. The summed E-state index contributed by atoms with van der Waals surface area (Å²) in [7, 11) is 1.65. The SMILES string of the molecule is CN(CCCC(=O)O)C(=O)Cn1ccc(=O)c2ccccc21. The Morgan fingerprint density at radius 1 is 1.23 bits per heavy atom. The minimum absolute atomic E-state index is 0.0403. The molecule has 0 aliphatic heterocycles. The number of likely N-dealkylation sites (N-methyl/N-ethyl adjacent to an activating group) is 1. The number of pyridine rings is 1. The predicted molar refractivity (Wildman–Crippen MR) is 82.7 cm³/mol. The second-order valence-corrected chi connectivity index (χ2v) is 5.14. The summed E-state index contributed by atoms with van der Waals surface area (Å²) in [4.78, 5) is 36.0. The highest BCUT2D eigenvalue weighted by atomic mass is 16.4. The predicted octanol–water partition coefficient (Wildman–Crippen LogP) is 1.32. The van der Waals surface area contributed by atoms with Crippen molar-refractivity contribution in [1.82, 2.24) is 9.47 Å². The third kappa shape index (κ3) is 3.72. The van der Waals surface area contributed by atoms with Crippen molar-refractivity contribution in [2.24, 2.45) is 0 Å². The van der Waals surface area contributed by atoms with Crippen molar-refractivity contribution in [2.75, 3.05) is 13.6 Å². The van der Waals surface area contributed by atoms with Gasteiger partial charge in [0.1, 0.15) is 6.54 Å². The average molecular weight is 302 g/mol. The molecule has 116 valence electrons. The molecule has 0 radical (unpaired) electrons. The number of carboxylic acid groups (broad SMARTS) is 1. The fourth-order valence-electron chi connectivity index (χ4n) is 2.26. The lowest BCUT2D eigenvalue weighted by Gasteiger charge is -2.18. The van der Waals surface area contributed by atoms with Crippen LogP contribution >= 0.6 is 0 Å². The number of carbonyl (C=O) groups is 2. The molecule has 0 spiro atoms.